The van der Waals surface area contributed by atoms with Crippen molar-refractivity contribution in [2.45, 2.75) is 69.0 Å². The van der Waals surface area contributed by atoms with Crippen molar-refractivity contribution < 1.29 is 14.4 Å². The van der Waals surface area contributed by atoms with Gasteiger partial charge in [-0.15, -0.1) is 0 Å². The number of benzene rings is 3. The number of rotatable bonds is 10. The van der Waals surface area contributed by atoms with E-state index in [9.17, 15) is 14.4 Å². The highest BCUT2D eigenvalue weighted by Gasteiger charge is 2.41. The number of amides is 3. The predicted octanol–water partition coefficient (Wildman–Crippen LogP) is 4.46. The van der Waals surface area contributed by atoms with E-state index in [0.717, 1.165) is 67.4 Å². The Bertz CT molecular complexity index is 1520. The van der Waals surface area contributed by atoms with Crippen LogP contribution in [0.3, 0.4) is 0 Å². The van der Waals surface area contributed by atoms with E-state index in [2.05, 4.69) is 26.9 Å². The summed E-state index contributed by atoms with van der Waals surface area (Å²) in [6.45, 7) is 3.96. The molecule has 2 fully saturated rings. The van der Waals surface area contributed by atoms with Gasteiger partial charge in [-0.2, -0.15) is 0 Å². The Labute approximate surface area is 283 Å². The van der Waals surface area contributed by atoms with Crippen LogP contribution < -0.4 is 16.0 Å². The van der Waals surface area contributed by atoms with Crippen molar-refractivity contribution in [2.24, 2.45) is 0 Å². The van der Waals surface area contributed by atoms with E-state index in [1.165, 1.54) is 6.42 Å². The standard InChI is InChI=1S/C38H46ClN5O3/c39-31-15-13-29(14-16-31)25-33(42-36(46)35-32-12-6-5-11-30(32)17-20-40-35)37(47)43-21-23-44(24-22-43)38(18-7-2-8-19-38)27-41-34(45)26-28-9-3-1-4-10-28/h1,3-6,9-16,33,35,40H,2,7-8,17-27H2,(H,41,45)(H,42,46). The van der Waals surface area contributed by atoms with Gasteiger partial charge in [0.05, 0.1) is 6.42 Å². The highest BCUT2D eigenvalue weighted by molar-refractivity contribution is 6.30. The fraction of sp³-hybridized carbons (Fsp3) is 0.447. The van der Waals surface area contributed by atoms with Crippen LogP contribution in [0.1, 0.15) is 60.4 Å². The number of carbonyl (C=O) groups is 3. The second-order valence-electron chi connectivity index (χ2n) is 13.3. The maximum atomic E-state index is 14.2. The van der Waals surface area contributed by atoms with Crippen molar-refractivity contribution in [1.82, 2.24) is 25.8 Å². The third-order valence-corrected chi connectivity index (χ3v) is 10.5. The average molecular weight is 656 g/mol. The topological polar surface area (TPSA) is 93.8 Å². The molecule has 0 aromatic heterocycles. The zero-order chi connectivity index (χ0) is 32.6. The van der Waals surface area contributed by atoms with Crippen LogP contribution in [0.15, 0.2) is 78.9 Å². The first-order valence-corrected chi connectivity index (χ1v) is 17.5. The third-order valence-electron chi connectivity index (χ3n) is 10.2. The molecule has 8 nitrogen and oxygen atoms in total. The van der Waals surface area contributed by atoms with Gasteiger partial charge in [0.1, 0.15) is 12.1 Å². The Morgan fingerprint density at radius 3 is 2.30 bits per heavy atom. The molecule has 3 N–H and O–H groups in total. The Morgan fingerprint density at radius 2 is 1.55 bits per heavy atom. The first-order chi connectivity index (χ1) is 22.9. The lowest BCUT2D eigenvalue weighted by atomic mass is 9.79. The molecule has 2 atom stereocenters. The normalized spacial score (nSPS) is 20.1. The fourth-order valence-corrected chi connectivity index (χ4v) is 7.72. The Morgan fingerprint density at radius 1 is 0.851 bits per heavy atom. The molecular formula is C38H46ClN5O3. The summed E-state index contributed by atoms with van der Waals surface area (Å²) >= 11 is 6.15. The van der Waals surface area contributed by atoms with Gasteiger partial charge < -0.3 is 20.9 Å². The molecule has 1 aliphatic carbocycles. The fourth-order valence-electron chi connectivity index (χ4n) is 7.59. The van der Waals surface area contributed by atoms with Crippen LogP contribution in [0.4, 0.5) is 0 Å². The van der Waals surface area contributed by atoms with Crippen LogP contribution in [-0.4, -0.2) is 78.4 Å². The lowest BCUT2D eigenvalue weighted by molar-refractivity contribution is -0.139. The molecule has 9 heteroatoms. The number of piperazine rings is 1. The molecule has 1 saturated heterocycles. The summed E-state index contributed by atoms with van der Waals surface area (Å²) in [5.74, 6) is -0.202. The van der Waals surface area contributed by atoms with E-state index in [0.29, 0.717) is 44.0 Å². The maximum absolute atomic E-state index is 14.2. The molecule has 3 amide bonds. The summed E-state index contributed by atoms with van der Waals surface area (Å²) in [5, 5.41) is 10.4. The molecule has 3 aliphatic rings. The largest absolute Gasteiger partial charge is 0.354 e. The number of nitrogens with zero attached hydrogens (tertiary/aromatic N) is 2. The maximum Gasteiger partial charge on any atom is 0.245 e. The minimum atomic E-state index is -0.702. The van der Waals surface area contributed by atoms with E-state index < -0.39 is 12.1 Å². The second-order valence-corrected chi connectivity index (χ2v) is 13.7. The van der Waals surface area contributed by atoms with E-state index >= 15 is 0 Å². The minimum absolute atomic E-state index is 0.0471. The lowest BCUT2D eigenvalue weighted by Gasteiger charge is -2.50. The van der Waals surface area contributed by atoms with Gasteiger partial charge in [-0.1, -0.05) is 97.6 Å². The van der Waals surface area contributed by atoms with E-state index in [1.807, 2.05) is 77.7 Å². The van der Waals surface area contributed by atoms with Crippen LogP contribution in [0.25, 0.3) is 0 Å². The molecule has 248 valence electrons. The Kier molecular flexibility index (Phi) is 10.9. The van der Waals surface area contributed by atoms with Crippen molar-refractivity contribution in [3.8, 4) is 0 Å². The highest BCUT2D eigenvalue weighted by atomic mass is 35.5. The van der Waals surface area contributed by atoms with E-state index in [-0.39, 0.29) is 23.3 Å². The molecule has 3 aromatic carbocycles. The van der Waals surface area contributed by atoms with Gasteiger partial charge in [-0.05, 0) is 53.6 Å². The SMILES string of the molecule is O=C(Cc1ccccc1)NCC1(N2CCN(C(=O)C(Cc3ccc(Cl)cc3)NC(=O)C3NCCc4ccccc43)CC2)CCCCC1. The monoisotopic (exact) mass is 655 g/mol. The predicted molar refractivity (Wildman–Crippen MR) is 185 cm³/mol. The average Bonchev–Trinajstić information content (AvgIpc) is 3.11. The first kappa shape index (κ1) is 33.2. The molecule has 6 rings (SSSR count). The van der Waals surface area contributed by atoms with Gasteiger partial charge in [0, 0.05) is 56.3 Å². The van der Waals surface area contributed by atoms with Crippen molar-refractivity contribution in [3.63, 3.8) is 0 Å². The summed E-state index contributed by atoms with van der Waals surface area (Å²) in [7, 11) is 0. The van der Waals surface area contributed by atoms with E-state index in [4.69, 9.17) is 11.6 Å². The van der Waals surface area contributed by atoms with Gasteiger partial charge in [-0.25, -0.2) is 0 Å². The summed E-state index contributed by atoms with van der Waals surface area (Å²) in [5.41, 5.74) is 3.98. The highest BCUT2D eigenvalue weighted by Crippen LogP contribution is 2.34. The van der Waals surface area contributed by atoms with Gasteiger partial charge >= 0.3 is 0 Å². The molecular weight excluding hydrogens is 610 g/mol. The molecule has 0 spiro atoms. The molecule has 2 aliphatic heterocycles. The Hall–Kier alpha value is -3.72. The number of carbonyl (C=O) groups excluding carboxylic acids is 3. The smallest absolute Gasteiger partial charge is 0.245 e. The molecule has 0 bridgehead atoms. The number of halogens is 1. The van der Waals surface area contributed by atoms with Crippen molar-refractivity contribution >= 4 is 29.3 Å². The first-order valence-electron chi connectivity index (χ1n) is 17.1. The molecule has 3 aromatic rings. The van der Waals surface area contributed by atoms with Crippen LogP contribution in [0.2, 0.25) is 5.02 Å². The Balaban J connectivity index is 1.12. The van der Waals surface area contributed by atoms with Crippen LogP contribution in [-0.2, 0) is 33.6 Å². The minimum Gasteiger partial charge on any atom is -0.354 e. The van der Waals surface area contributed by atoms with Gasteiger partial charge in [-0.3, -0.25) is 19.3 Å². The zero-order valence-corrected chi connectivity index (χ0v) is 27.8. The van der Waals surface area contributed by atoms with Crippen molar-refractivity contribution in [3.05, 3.63) is 106 Å². The van der Waals surface area contributed by atoms with Crippen molar-refractivity contribution in [1.29, 1.82) is 0 Å². The van der Waals surface area contributed by atoms with Gasteiger partial charge in [0.2, 0.25) is 17.7 Å². The molecule has 0 radical (unpaired) electrons. The number of hydrogen-bond acceptors (Lipinski definition) is 5. The van der Waals surface area contributed by atoms with E-state index in [1.54, 1.807) is 0 Å². The molecule has 1 saturated carbocycles. The second kappa shape index (κ2) is 15.5. The zero-order valence-electron chi connectivity index (χ0n) is 27.1. The third kappa shape index (κ3) is 8.23. The van der Waals surface area contributed by atoms with Crippen LogP contribution >= 0.6 is 11.6 Å². The van der Waals surface area contributed by atoms with Crippen LogP contribution in [0.5, 0.6) is 0 Å². The summed E-state index contributed by atoms with van der Waals surface area (Å²) in [4.78, 5) is 45.2. The number of fused-ring (bicyclic) bond motifs is 1. The molecule has 47 heavy (non-hydrogen) atoms. The van der Waals surface area contributed by atoms with Gasteiger partial charge in [0.15, 0.2) is 0 Å². The quantitative estimate of drug-likeness (QED) is 0.300. The van der Waals surface area contributed by atoms with Crippen molar-refractivity contribution in [2.75, 3.05) is 39.3 Å². The van der Waals surface area contributed by atoms with Crippen LogP contribution in [0, 0.1) is 0 Å². The summed E-state index contributed by atoms with van der Waals surface area (Å²) in [6.07, 6.45) is 7.20. The molecule has 2 heterocycles. The summed E-state index contributed by atoms with van der Waals surface area (Å²) < 4.78 is 0. The molecule has 2 unspecified atom stereocenters. The lowest BCUT2D eigenvalue weighted by Crippen LogP contribution is -2.64. The number of hydrogen-bond donors (Lipinski definition) is 3. The van der Waals surface area contributed by atoms with Gasteiger partial charge in [0.25, 0.3) is 0 Å². The number of nitrogens with one attached hydrogen (secondary N) is 3. The summed E-state index contributed by atoms with van der Waals surface area (Å²) in [6, 6.07) is 24.1.